The molecule has 1 aromatic carbocycles. The molecule has 22 heavy (non-hydrogen) atoms. The van der Waals surface area contributed by atoms with Crippen LogP contribution in [-0.2, 0) is 17.8 Å². The Morgan fingerprint density at radius 1 is 1.36 bits per heavy atom. The highest BCUT2D eigenvalue weighted by Gasteiger charge is 2.30. The lowest BCUT2D eigenvalue weighted by Crippen LogP contribution is -2.33. The molecule has 2 rings (SSSR count). The fourth-order valence-corrected chi connectivity index (χ4v) is 2.35. The van der Waals surface area contributed by atoms with E-state index in [4.69, 9.17) is 4.74 Å². The Morgan fingerprint density at radius 3 is 2.73 bits per heavy atom. The van der Waals surface area contributed by atoms with Gasteiger partial charge in [-0.3, -0.25) is 9.69 Å². The molecule has 2 amide bonds. The van der Waals surface area contributed by atoms with Crippen molar-refractivity contribution in [1.82, 2.24) is 10.2 Å². The third-order valence-corrected chi connectivity index (χ3v) is 3.29. The molecule has 5 nitrogen and oxygen atoms in total. The van der Waals surface area contributed by atoms with E-state index in [1.807, 2.05) is 32.9 Å². The molecule has 0 saturated heterocycles. The first kappa shape index (κ1) is 16.1. The molecule has 0 spiro atoms. The van der Waals surface area contributed by atoms with Gasteiger partial charge in [0.2, 0.25) is 0 Å². The van der Waals surface area contributed by atoms with E-state index >= 15 is 0 Å². The summed E-state index contributed by atoms with van der Waals surface area (Å²) in [5.41, 5.74) is 1.94. The van der Waals surface area contributed by atoms with E-state index in [-0.39, 0.29) is 12.0 Å². The molecule has 1 aromatic rings. The van der Waals surface area contributed by atoms with Crippen molar-refractivity contribution >= 4 is 12.0 Å². The van der Waals surface area contributed by atoms with Crippen molar-refractivity contribution in [1.29, 1.82) is 0 Å². The minimum atomic E-state index is -0.532. The Labute approximate surface area is 130 Å². The van der Waals surface area contributed by atoms with Crippen molar-refractivity contribution in [3.8, 4) is 0 Å². The molecule has 118 valence electrons. The van der Waals surface area contributed by atoms with Crippen LogP contribution in [0.25, 0.3) is 0 Å². The molecule has 0 aliphatic carbocycles. The van der Waals surface area contributed by atoms with Crippen LogP contribution in [0.4, 0.5) is 4.79 Å². The van der Waals surface area contributed by atoms with Gasteiger partial charge in [0.1, 0.15) is 5.60 Å². The number of ether oxygens (including phenoxy) is 1. The van der Waals surface area contributed by atoms with Crippen molar-refractivity contribution in [3.05, 3.63) is 47.5 Å². The third kappa shape index (κ3) is 3.67. The number of rotatable bonds is 3. The van der Waals surface area contributed by atoms with Gasteiger partial charge in [0.25, 0.3) is 5.91 Å². The number of hydrogen-bond donors (Lipinski definition) is 1. The van der Waals surface area contributed by atoms with Crippen LogP contribution >= 0.6 is 0 Å². The fraction of sp³-hybridized carbons (Fsp3) is 0.412. The van der Waals surface area contributed by atoms with Crippen molar-refractivity contribution in [2.24, 2.45) is 0 Å². The minimum absolute atomic E-state index is 0.150. The maximum Gasteiger partial charge on any atom is 0.410 e. The molecule has 0 aromatic heterocycles. The molecule has 0 unspecified atom stereocenters. The monoisotopic (exact) mass is 302 g/mol. The first-order valence-electron chi connectivity index (χ1n) is 7.29. The predicted molar refractivity (Wildman–Crippen MR) is 84.5 cm³/mol. The quantitative estimate of drug-likeness (QED) is 0.873. The van der Waals surface area contributed by atoms with Crippen molar-refractivity contribution < 1.29 is 14.3 Å². The highest BCUT2D eigenvalue weighted by molar-refractivity contribution is 5.96. The van der Waals surface area contributed by atoms with E-state index in [1.165, 1.54) is 0 Å². The predicted octanol–water partition coefficient (Wildman–Crippen LogP) is 2.85. The summed E-state index contributed by atoms with van der Waals surface area (Å²) in [4.78, 5) is 26.0. The smallest absolute Gasteiger partial charge is 0.410 e. The highest BCUT2D eigenvalue weighted by atomic mass is 16.6. The van der Waals surface area contributed by atoms with Gasteiger partial charge in [-0.05, 0) is 38.0 Å². The summed E-state index contributed by atoms with van der Waals surface area (Å²) >= 11 is 0. The summed E-state index contributed by atoms with van der Waals surface area (Å²) in [7, 11) is 0. The first-order valence-corrected chi connectivity index (χ1v) is 7.29. The topological polar surface area (TPSA) is 58.6 Å². The molecule has 0 bridgehead atoms. The number of nitrogens with one attached hydrogen (secondary N) is 1. The second kappa shape index (κ2) is 6.22. The molecule has 1 N–H and O–H groups in total. The van der Waals surface area contributed by atoms with Crippen LogP contribution < -0.4 is 5.32 Å². The Hall–Kier alpha value is -2.30. The molecule has 1 aliphatic heterocycles. The standard InChI is InChI=1S/C17H22N2O3/c1-5-9-18-15(20)13-8-6-7-12-10-19(11-14(12)13)16(21)22-17(2,3)4/h5-8H,1,9-11H2,2-4H3,(H,18,20). The number of benzene rings is 1. The lowest BCUT2D eigenvalue weighted by molar-refractivity contribution is 0.0241. The van der Waals surface area contributed by atoms with Crippen molar-refractivity contribution in [2.75, 3.05) is 6.54 Å². The van der Waals surface area contributed by atoms with E-state index in [0.717, 1.165) is 11.1 Å². The Bertz CT molecular complexity index is 602. The maximum absolute atomic E-state index is 12.2. The van der Waals surface area contributed by atoms with Crippen LogP contribution in [0.15, 0.2) is 30.9 Å². The molecule has 1 aliphatic rings. The van der Waals surface area contributed by atoms with E-state index in [0.29, 0.717) is 25.2 Å². The van der Waals surface area contributed by atoms with Gasteiger partial charge in [0.15, 0.2) is 0 Å². The average molecular weight is 302 g/mol. The molecule has 1 heterocycles. The van der Waals surface area contributed by atoms with Gasteiger partial charge in [-0.1, -0.05) is 18.2 Å². The fourth-order valence-electron chi connectivity index (χ4n) is 2.35. The highest BCUT2D eigenvalue weighted by Crippen LogP contribution is 2.27. The van der Waals surface area contributed by atoms with Gasteiger partial charge in [0.05, 0.1) is 6.54 Å². The van der Waals surface area contributed by atoms with Crippen LogP contribution in [0, 0.1) is 0 Å². The van der Waals surface area contributed by atoms with Crippen molar-refractivity contribution in [2.45, 2.75) is 39.5 Å². The zero-order valence-corrected chi connectivity index (χ0v) is 13.3. The molecule has 0 radical (unpaired) electrons. The molecule has 0 saturated carbocycles. The largest absolute Gasteiger partial charge is 0.444 e. The zero-order chi connectivity index (χ0) is 16.3. The maximum atomic E-state index is 12.2. The van der Waals surface area contributed by atoms with E-state index < -0.39 is 5.60 Å². The lowest BCUT2D eigenvalue weighted by Gasteiger charge is -2.24. The normalized spacial score (nSPS) is 13.5. The molecular formula is C17H22N2O3. The Morgan fingerprint density at radius 2 is 2.09 bits per heavy atom. The summed E-state index contributed by atoms with van der Waals surface area (Å²) in [6.07, 6.45) is 1.27. The van der Waals surface area contributed by atoms with Crippen LogP contribution in [-0.4, -0.2) is 29.0 Å². The van der Waals surface area contributed by atoms with Gasteiger partial charge < -0.3 is 10.1 Å². The Kier molecular flexibility index (Phi) is 4.54. The number of carbonyl (C=O) groups is 2. The van der Waals surface area contributed by atoms with Crippen LogP contribution in [0.3, 0.4) is 0 Å². The number of amides is 2. The average Bonchev–Trinajstić information content (AvgIpc) is 2.86. The van der Waals surface area contributed by atoms with Crippen molar-refractivity contribution in [3.63, 3.8) is 0 Å². The summed E-state index contributed by atoms with van der Waals surface area (Å²) in [6, 6.07) is 5.54. The minimum Gasteiger partial charge on any atom is -0.444 e. The summed E-state index contributed by atoms with van der Waals surface area (Å²) in [5, 5.41) is 2.77. The van der Waals surface area contributed by atoms with Gasteiger partial charge in [0, 0.05) is 18.7 Å². The van der Waals surface area contributed by atoms with Gasteiger partial charge in [-0.2, -0.15) is 0 Å². The lowest BCUT2D eigenvalue weighted by atomic mass is 10.0. The van der Waals surface area contributed by atoms with Crippen LogP contribution in [0.5, 0.6) is 0 Å². The zero-order valence-electron chi connectivity index (χ0n) is 13.3. The van der Waals surface area contributed by atoms with E-state index in [1.54, 1.807) is 17.0 Å². The number of carbonyl (C=O) groups excluding carboxylic acids is 2. The SMILES string of the molecule is C=CCNC(=O)c1cccc2c1CN(C(=O)OC(C)(C)C)C2. The molecule has 0 fully saturated rings. The van der Waals surface area contributed by atoms with E-state index in [9.17, 15) is 9.59 Å². The first-order chi connectivity index (χ1) is 10.3. The molecule has 5 heteroatoms. The second-order valence-electron chi connectivity index (χ2n) is 6.28. The van der Waals surface area contributed by atoms with Gasteiger partial charge in [-0.25, -0.2) is 4.79 Å². The third-order valence-electron chi connectivity index (χ3n) is 3.29. The number of fused-ring (bicyclic) bond motifs is 1. The van der Waals surface area contributed by atoms with Gasteiger partial charge >= 0.3 is 6.09 Å². The second-order valence-corrected chi connectivity index (χ2v) is 6.28. The summed E-state index contributed by atoms with van der Waals surface area (Å²) in [5.74, 6) is -0.150. The van der Waals surface area contributed by atoms with Crippen LogP contribution in [0.2, 0.25) is 0 Å². The van der Waals surface area contributed by atoms with Crippen LogP contribution in [0.1, 0.15) is 42.3 Å². The molecule has 0 atom stereocenters. The Balaban J connectivity index is 2.15. The van der Waals surface area contributed by atoms with E-state index in [2.05, 4.69) is 11.9 Å². The summed E-state index contributed by atoms with van der Waals surface area (Å²) in [6.45, 7) is 10.4. The van der Waals surface area contributed by atoms with Gasteiger partial charge in [-0.15, -0.1) is 6.58 Å². The number of nitrogens with zero attached hydrogens (tertiary/aromatic N) is 1. The number of hydrogen-bond acceptors (Lipinski definition) is 3. The molecular weight excluding hydrogens is 280 g/mol. The summed E-state index contributed by atoms with van der Waals surface area (Å²) < 4.78 is 5.39.